The predicted molar refractivity (Wildman–Crippen MR) is 79.4 cm³/mol. The third-order valence-electron chi connectivity index (χ3n) is 4.04. The van der Waals surface area contributed by atoms with Gasteiger partial charge in [0.05, 0.1) is 7.11 Å². The number of rotatable bonds is 6. The van der Waals surface area contributed by atoms with Crippen LogP contribution in [0.2, 0.25) is 0 Å². The zero-order valence-corrected chi connectivity index (χ0v) is 12.4. The molecule has 1 aliphatic rings. The Labute approximate surface area is 116 Å². The summed E-state index contributed by atoms with van der Waals surface area (Å²) >= 11 is 0. The lowest BCUT2D eigenvalue weighted by molar-refractivity contribution is 0.177. The lowest BCUT2D eigenvalue weighted by atomic mass is 9.80. The van der Waals surface area contributed by atoms with Crippen molar-refractivity contribution in [1.82, 2.24) is 4.90 Å². The maximum Gasteiger partial charge on any atom is 0.123 e. The highest BCUT2D eigenvalue weighted by Gasteiger charge is 2.26. The second-order valence-electron chi connectivity index (χ2n) is 5.79. The topological polar surface area (TPSA) is 38.5 Å². The van der Waals surface area contributed by atoms with Crippen LogP contribution in [0.15, 0.2) is 18.2 Å². The zero-order valence-electron chi connectivity index (χ0n) is 12.4. The van der Waals surface area contributed by atoms with E-state index in [1.165, 1.54) is 24.0 Å². The summed E-state index contributed by atoms with van der Waals surface area (Å²) < 4.78 is 5.46. The summed E-state index contributed by atoms with van der Waals surface area (Å²) in [6, 6.07) is 6.94. The largest absolute Gasteiger partial charge is 0.496 e. The average Bonchev–Trinajstić information content (AvgIpc) is 2.36. The maximum absolute atomic E-state index is 5.84. The van der Waals surface area contributed by atoms with Gasteiger partial charge in [-0.15, -0.1) is 0 Å². The van der Waals surface area contributed by atoms with Gasteiger partial charge in [0.1, 0.15) is 5.75 Å². The van der Waals surface area contributed by atoms with Crippen molar-refractivity contribution in [3.05, 3.63) is 29.3 Å². The van der Waals surface area contributed by atoms with E-state index in [1.54, 1.807) is 7.11 Å². The molecule has 2 N–H and O–H groups in total. The lowest BCUT2D eigenvalue weighted by Gasteiger charge is -2.35. The Balaban J connectivity index is 1.96. The van der Waals surface area contributed by atoms with E-state index in [9.17, 15) is 0 Å². The molecule has 1 fully saturated rings. The minimum absolute atomic E-state index is 0.441. The summed E-state index contributed by atoms with van der Waals surface area (Å²) in [6.07, 6.45) is 3.42. The number of hydrogen-bond donors (Lipinski definition) is 1. The van der Waals surface area contributed by atoms with Crippen LogP contribution in [0.4, 0.5) is 0 Å². The van der Waals surface area contributed by atoms with E-state index in [0.717, 1.165) is 31.2 Å². The van der Waals surface area contributed by atoms with Gasteiger partial charge in [0.15, 0.2) is 0 Å². The molecule has 0 amide bonds. The summed E-state index contributed by atoms with van der Waals surface area (Å²) in [4.78, 5) is 2.38. The highest BCUT2D eigenvalue weighted by atomic mass is 16.5. The van der Waals surface area contributed by atoms with E-state index in [0.29, 0.717) is 6.04 Å². The SMILES string of the molecule is CCc1ccc(OC)c(CN(C)CC2CC(N)C2)c1. The molecule has 3 heteroatoms. The molecule has 3 nitrogen and oxygen atoms in total. The second kappa shape index (κ2) is 6.40. The minimum atomic E-state index is 0.441. The average molecular weight is 262 g/mol. The normalized spacial score (nSPS) is 22.4. The Morgan fingerprint density at radius 3 is 2.68 bits per heavy atom. The van der Waals surface area contributed by atoms with Gasteiger partial charge in [0.2, 0.25) is 0 Å². The summed E-state index contributed by atoms with van der Waals surface area (Å²) in [5.74, 6) is 1.77. The molecule has 0 radical (unpaired) electrons. The van der Waals surface area contributed by atoms with Crippen LogP contribution in [0.5, 0.6) is 5.75 Å². The number of hydrogen-bond acceptors (Lipinski definition) is 3. The van der Waals surface area contributed by atoms with Gasteiger partial charge in [-0.25, -0.2) is 0 Å². The molecule has 1 saturated carbocycles. The van der Waals surface area contributed by atoms with Gasteiger partial charge >= 0.3 is 0 Å². The second-order valence-corrected chi connectivity index (χ2v) is 5.79. The molecule has 106 valence electrons. The fourth-order valence-corrected chi connectivity index (χ4v) is 2.91. The third-order valence-corrected chi connectivity index (χ3v) is 4.04. The Morgan fingerprint density at radius 1 is 1.37 bits per heavy atom. The standard InChI is InChI=1S/C16H26N2O/c1-4-12-5-6-16(19-3)14(7-12)11-18(2)10-13-8-15(17)9-13/h5-7,13,15H,4,8-11,17H2,1-3H3. The van der Waals surface area contributed by atoms with Gasteiger partial charge in [-0.05, 0) is 43.9 Å². The van der Waals surface area contributed by atoms with Gasteiger partial charge in [0, 0.05) is 24.7 Å². The van der Waals surface area contributed by atoms with Crippen molar-refractivity contribution >= 4 is 0 Å². The highest BCUT2D eigenvalue weighted by Crippen LogP contribution is 2.27. The molecular weight excluding hydrogens is 236 g/mol. The Bertz CT molecular complexity index is 413. The molecule has 0 heterocycles. The van der Waals surface area contributed by atoms with E-state index in [1.807, 2.05) is 0 Å². The summed E-state index contributed by atoms with van der Waals surface area (Å²) in [5.41, 5.74) is 8.50. The van der Waals surface area contributed by atoms with Crippen LogP contribution in [0.1, 0.15) is 30.9 Å². The Hall–Kier alpha value is -1.06. The molecule has 0 unspecified atom stereocenters. The van der Waals surface area contributed by atoms with Crippen LogP contribution in [0, 0.1) is 5.92 Å². The monoisotopic (exact) mass is 262 g/mol. The van der Waals surface area contributed by atoms with Crippen molar-refractivity contribution < 1.29 is 4.74 Å². The van der Waals surface area contributed by atoms with Crippen molar-refractivity contribution in [1.29, 1.82) is 0 Å². The molecular formula is C16H26N2O. The number of benzene rings is 1. The van der Waals surface area contributed by atoms with Gasteiger partial charge in [-0.2, -0.15) is 0 Å². The van der Waals surface area contributed by atoms with Crippen molar-refractivity contribution in [2.75, 3.05) is 20.7 Å². The molecule has 0 atom stereocenters. The van der Waals surface area contributed by atoms with E-state index in [-0.39, 0.29) is 0 Å². The summed E-state index contributed by atoms with van der Waals surface area (Å²) in [7, 11) is 3.93. The molecule has 0 bridgehead atoms. The first-order chi connectivity index (χ1) is 9.12. The number of ether oxygens (including phenoxy) is 1. The summed E-state index contributed by atoms with van der Waals surface area (Å²) in [5, 5.41) is 0. The first-order valence-electron chi connectivity index (χ1n) is 7.22. The molecule has 0 aromatic heterocycles. The smallest absolute Gasteiger partial charge is 0.123 e. The minimum Gasteiger partial charge on any atom is -0.496 e. The van der Waals surface area contributed by atoms with Crippen LogP contribution in [0.25, 0.3) is 0 Å². The first kappa shape index (κ1) is 14.4. The van der Waals surface area contributed by atoms with Crippen LogP contribution >= 0.6 is 0 Å². The van der Waals surface area contributed by atoms with Crippen molar-refractivity contribution in [2.45, 2.75) is 38.8 Å². The first-order valence-corrected chi connectivity index (χ1v) is 7.22. The van der Waals surface area contributed by atoms with Crippen LogP contribution < -0.4 is 10.5 Å². The van der Waals surface area contributed by atoms with Gasteiger partial charge < -0.3 is 15.4 Å². The third kappa shape index (κ3) is 3.71. The van der Waals surface area contributed by atoms with Crippen LogP contribution in [0.3, 0.4) is 0 Å². The van der Waals surface area contributed by atoms with Crippen molar-refractivity contribution in [3.8, 4) is 5.75 Å². The van der Waals surface area contributed by atoms with Crippen molar-refractivity contribution in [3.63, 3.8) is 0 Å². The predicted octanol–water partition coefficient (Wildman–Crippen LogP) is 2.43. The summed E-state index contributed by atoms with van der Waals surface area (Å²) in [6.45, 7) is 4.26. The van der Waals surface area contributed by atoms with E-state index < -0.39 is 0 Å². The van der Waals surface area contributed by atoms with E-state index in [2.05, 4.69) is 37.1 Å². The van der Waals surface area contributed by atoms with Crippen LogP contribution in [-0.2, 0) is 13.0 Å². The number of nitrogens with two attached hydrogens (primary N) is 1. The Morgan fingerprint density at radius 2 is 2.11 bits per heavy atom. The number of aryl methyl sites for hydroxylation is 1. The maximum atomic E-state index is 5.84. The van der Waals surface area contributed by atoms with E-state index >= 15 is 0 Å². The highest BCUT2D eigenvalue weighted by molar-refractivity contribution is 5.37. The molecule has 2 rings (SSSR count). The number of nitrogens with zero attached hydrogens (tertiary/aromatic N) is 1. The van der Waals surface area contributed by atoms with Gasteiger partial charge in [-0.3, -0.25) is 0 Å². The van der Waals surface area contributed by atoms with E-state index in [4.69, 9.17) is 10.5 Å². The molecule has 0 saturated heterocycles. The molecule has 0 spiro atoms. The molecule has 0 aliphatic heterocycles. The zero-order chi connectivity index (χ0) is 13.8. The molecule has 1 aromatic rings. The lowest BCUT2D eigenvalue weighted by Crippen LogP contribution is -2.41. The van der Waals surface area contributed by atoms with Gasteiger partial charge in [-0.1, -0.05) is 19.1 Å². The molecule has 1 aliphatic carbocycles. The molecule has 1 aromatic carbocycles. The quantitative estimate of drug-likeness (QED) is 0.855. The Kier molecular flexibility index (Phi) is 4.83. The number of methoxy groups -OCH3 is 1. The van der Waals surface area contributed by atoms with Gasteiger partial charge in [0.25, 0.3) is 0 Å². The fraction of sp³-hybridized carbons (Fsp3) is 0.625. The fourth-order valence-electron chi connectivity index (χ4n) is 2.91. The van der Waals surface area contributed by atoms with Crippen molar-refractivity contribution in [2.24, 2.45) is 11.7 Å². The van der Waals surface area contributed by atoms with Crippen LogP contribution in [-0.4, -0.2) is 31.6 Å². The molecule has 19 heavy (non-hydrogen) atoms.